The second-order valence-electron chi connectivity index (χ2n) is 5.09. The van der Waals surface area contributed by atoms with E-state index in [0.29, 0.717) is 22.1 Å². The molecule has 0 radical (unpaired) electrons. The predicted octanol–water partition coefficient (Wildman–Crippen LogP) is 2.52. The summed E-state index contributed by atoms with van der Waals surface area (Å²) >= 11 is 6.07. The van der Waals surface area contributed by atoms with E-state index in [1.807, 2.05) is 0 Å². The summed E-state index contributed by atoms with van der Waals surface area (Å²) in [6.45, 7) is 1.63. The van der Waals surface area contributed by atoms with Gasteiger partial charge in [0.1, 0.15) is 12.6 Å². The fourth-order valence-corrected chi connectivity index (χ4v) is 2.41. The number of rotatable bonds is 5. The number of carbonyl (C=O) groups excluding carboxylic acids is 2. The van der Waals surface area contributed by atoms with Gasteiger partial charge in [0.15, 0.2) is 17.3 Å². The quantitative estimate of drug-likeness (QED) is 0.833. The summed E-state index contributed by atoms with van der Waals surface area (Å²) in [5.41, 5.74) is 0.655. The third kappa shape index (κ3) is 3.46. The smallest absolute Gasteiger partial charge is 0.328 e. The van der Waals surface area contributed by atoms with E-state index in [0.717, 1.165) is 0 Å². The predicted molar refractivity (Wildman–Crippen MR) is 83.0 cm³/mol. The third-order valence-corrected chi connectivity index (χ3v) is 3.59. The van der Waals surface area contributed by atoms with Gasteiger partial charge >= 0.3 is 5.97 Å². The molecule has 0 aliphatic carbocycles. The Kier molecular flexibility index (Phi) is 4.61. The normalized spacial score (nSPS) is 13.4. The van der Waals surface area contributed by atoms with Crippen LogP contribution in [0.2, 0.25) is 5.02 Å². The number of nitrogens with one attached hydrogen (secondary N) is 1. The Morgan fingerprint density at radius 1 is 1.38 bits per heavy atom. The van der Waals surface area contributed by atoms with Crippen LogP contribution >= 0.6 is 11.6 Å². The fourth-order valence-electron chi connectivity index (χ4n) is 2.12. The number of amides is 1. The van der Waals surface area contributed by atoms with Gasteiger partial charge in [-0.25, -0.2) is 4.79 Å². The first kappa shape index (κ1) is 16.2. The molecule has 0 bridgehead atoms. The highest BCUT2D eigenvalue weighted by molar-refractivity contribution is 6.32. The SMILES string of the molecule is C[C@H](NC(=O)c1ccco1)C(=O)OCc1cc(Cl)c2c(c1)OCO2. The molecular weight excluding hydrogens is 338 g/mol. The monoisotopic (exact) mass is 351 g/mol. The molecule has 2 heterocycles. The van der Waals surface area contributed by atoms with Crippen LogP contribution in [0.3, 0.4) is 0 Å². The molecule has 1 atom stereocenters. The van der Waals surface area contributed by atoms with Gasteiger partial charge in [-0.1, -0.05) is 11.6 Å². The van der Waals surface area contributed by atoms with Gasteiger partial charge in [0.25, 0.3) is 5.91 Å². The number of hydrogen-bond donors (Lipinski definition) is 1. The lowest BCUT2D eigenvalue weighted by atomic mass is 10.2. The number of carbonyl (C=O) groups is 2. The Morgan fingerprint density at radius 2 is 2.21 bits per heavy atom. The molecule has 1 aliphatic heterocycles. The van der Waals surface area contributed by atoms with Crippen molar-refractivity contribution < 1.29 is 28.2 Å². The van der Waals surface area contributed by atoms with Crippen molar-refractivity contribution in [1.29, 1.82) is 0 Å². The van der Waals surface area contributed by atoms with Crippen LogP contribution in [0.15, 0.2) is 34.9 Å². The molecule has 7 nitrogen and oxygen atoms in total. The average Bonchev–Trinajstić information content (AvgIpc) is 3.23. The molecule has 1 aliphatic rings. The summed E-state index contributed by atoms with van der Waals surface area (Å²) in [6.07, 6.45) is 1.38. The summed E-state index contributed by atoms with van der Waals surface area (Å²) in [5, 5.41) is 2.88. The average molecular weight is 352 g/mol. The summed E-state index contributed by atoms with van der Waals surface area (Å²) in [7, 11) is 0. The topological polar surface area (TPSA) is 87.0 Å². The van der Waals surface area contributed by atoms with Gasteiger partial charge in [-0.05, 0) is 36.8 Å². The van der Waals surface area contributed by atoms with E-state index in [2.05, 4.69) is 5.32 Å². The molecule has 0 saturated heterocycles. The Hall–Kier alpha value is -2.67. The molecule has 0 fully saturated rings. The molecule has 1 aromatic carbocycles. The van der Waals surface area contributed by atoms with Crippen LogP contribution in [0.4, 0.5) is 0 Å². The Bertz CT molecular complexity index is 758. The lowest BCUT2D eigenvalue weighted by molar-refractivity contribution is -0.146. The van der Waals surface area contributed by atoms with Crippen molar-refractivity contribution in [3.05, 3.63) is 46.9 Å². The van der Waals surface area contributed by atoms with Gasteiger partial charge in [-0.3, -0.25) is 4.79 Å². The van der Waals surface area contributed by atoms with Gasteiger partial charge < -0.3 is 23.9 Å². The zero-order valence-corrected chi connectivity index (χ0v) is 13.5. The van der Waals surface area contributed by atoms with Gasteiger partial charge in [0, 0.05) is 0 Å². The number of hydrogen-bond acceptors (Lipinski definition) is 6. The highest BCUT2D eigenvalue weighted by Gasteiger charge is 2.21. The standard InChI is InChI=1S/C16H14ClNO6/c1-9(18-15(19)12-3-2-4-21-12)16(20)22-7-10-5-11(17)14-13(6-10)23-8-24-14/h2-6,9H,7-8H2,1H3,(H,18,19)/t9-/m0/s1. The number of halogens is 1. The van der Waals surface area contributed by atoms with Crippen LogP contribution in [0.25, 0.3) is 0 Å². The number of benzene rings is 1. The van der Waals surface area contributed by atoms with E-state index < -0.39 is 17.9 Å². The maximum Gasteiger partial charge on any atom is 0.328 e. The van der Waals surface area contributed by atoms with Crippen molar-refractivity contribution in [2.24, 2.45) is 0 Å². The van der Waals surface area contributed by atoms with Crippen molar-refractivity contribution in [2.45, 2.75) is 19.6 Å². The van der Waals surface area contributed by atoms with Crippen LogP contribution in [-0.4, -0.2) is 24.7 Å². The molecule has 1 amide bonds. The van der Waals surface area contributed by atoms with Crippen LogP contribution in [0.5, 0.6) is 11.5 Å². The van der Waals surface area contributed by atoms with Gasteiger partial charge in [-0.2, -0.15) is 0 Å². The van der Waals surface area contributed by atoms with E-state index in [-0.39, 0.29) is 19.2 Å². The van der Waals surface area contributed by atoms with Crippen LogP contribution in [-0.2, 0) is 16.1 Å². The molecule has 3 rings (SSSR count). The maximum absolute atomic E-state index is 12.0. The van der Waals surface area contributed by atoms with E-state index in [4.69, 9.17) is 30.2 Å². The molecule has 126 valence electrons. The van der Waals surface area contributed by atoms with Crippen molar-refractivity contribution in [3.8, 4) is 11.5 Å². The van der Waals surface area contributed by atoms with Gasteiger partial charge in [0.2, 0.25) is 6.79 Å². The zero-order valence-electron chi connectivity index (χ0n) is 12.7. The summed E-state index contributed by atoms with van der Waals surface area (Å²) in [6, 6.07) is 5.58. The fraction of sp³-hybridized carbons (Fsp3) is 0.250. The Labute approximate surface area is 142 Å². The molecule has 2 aromatic rings. The Balaban J connectivity index is 1.55. The molecule has 0 spiro atoms. The molecular formula is C16H14ClNO6. The summed E-state index contributed by atoms with van der Waals surface area (Å²) < 4.78 is 20.6. The molecule has 24 heavy (non-hydrogen) atoms. The van der Waals surface area contributed by atoms with Crippen LogP contribution < -0.4 is 14.8 Å². The highest BCUT2D eigenvalue weighted by Crippen LogP contribution is 2.39. The summed E-state index contributed by atoms with van der Waals surface area (Å²) in [4.78, 5) is 23.8. The second kappa shape index (κ2) is 6.84. The minimum atomic E-state index is -0.827. The van der Waals surface area contributed by atoms with Crippen LogP contribution in [0, 0.1) is 0 Å². The molecule has 8 heteroatoms. The third-order valence-electron chi connectivity index (χ3n) is 3.31. The minimum absolute atomic E-state index is 0.00381. The van der Waals surface area contributed by atoms with E-state index >= 15 is 0 Å². The van der Waals surface area contributed by atoms with Crippen molar-refractivity contribution in [3.63, 3.8) is 0 Å². The zero-order chi connectivity index (χ0) is 17.1. The van der Waals surface area contributed by atoms with Crippen molar-refractivity contribution in [2.75, 3.05) is 6.79 Å². The highest BCUT2D eigenvalue weighted by atomic mass is 35.5. The van der Waals surface area contributed by atoms with E-state index in [1.165, 1.54) is 19.3 Å². The lowest BCUT2D eigenvalue weighted by Gasteiger charge is -2.13. The number of furan rings is 1. The first-order valence-electron chi connectivity index (χ1n) is 7.13. The lowest BCUT2D eigenvalue weighted by Crippen LogP contribution is -2.39. The Morgan fingerprint density at radius 3 is 2.96 bits per heavy atom. The molecule has 0 unspecified atom stereocenters. The van der Waals surface area contributed by atoms with Gasteiger partial charge in [-0.15, -0.1) is 0 Å². The van der Waals surface area contributed by atoms with Crippen LogP contribution in [0.1, 0.15) is 23.0 Å². The number of ether oxygens (including phenoxy) is 3. The summed E-state index contributed by atoms with van der Waals surface area (Å²) in [5.74, 6) is 0.0371. The first-order chi connectivity index (χ1) is 11.5. The van der Waals surface area contributed by atoms with E-state index in [1.54, 1.807) is 18.2 Å². The molecule has 1 N–H and O–H groups in total. The maximum atomic E-state index is 12.0. The first-order valence-corrected chi connectivity index (χ1v) is 7.51. The van der Waals surface area contributed by atoms with Crippen molar-refractivity contribution in [1.82, 2.24) is 5.32 Å². The largest absolute Gasteiger partial charge is 0.459 e. The van der Waals surface area contributed by atoms with Gasteiger partial charge in [0.05, 0.1) is 11.3 Å². The minimum Gasteiger partial charge on any atom is -0.459 e. The molecule has 0 saturated carbocycles. The van der Waals surface area contributed by atoms with Crippen molar-refractivity contribution >= 4 is 23.5 Å². The second-order valence-corrected chi connectivity index (χ2v) is 5.50. The number of esters is 1. The number of fused-ring (bicyclic) bond motifs is 1. The van der Waals surface area contributed by atoms with E-state index in [9.17, 15) is 9.59 Å². The molecule has 1 aromatic heterocycles.